The number of phenolic OH excluding ortho intramolecular Hbond substituents is 2. The van der Waals surface area contributed by atoms with Crippen LogP contribution in [0.25, 0.3) is 0 Å². The van der Waals surface area contributed by atoms with Gasteiger partial charge in [-0.05, 0) is 37.3 Å². The molecule has 1 aliphatic heterocycles. The smallest absolute Gasteiger partial charge is 0.474 e. The van der Waals surface area contributed by atoms with Gasteiger partial charge in [-0.25, -0.2) is 9.09 Å². The number of hydrogen-bond acceptors (Lipinski definition) is 4. The second-order valence-corrected chi connectivity index (χ2v) is 8.60. The van der Waals surface area contributed by atoms with Crippen LogP contribution in [0, 0.1) is 5.92 Å². The average molecular weight is 372 g/mol. The molecule has 1 aromatic carbocycles. The van der Waals surface area contributed by atoms with Crippen LogP contribution in [-0.2, 0) is 21.9 Å². The molecule has 0 bridgehead atoms. The number of phosphoric acid groups is 1. The molecule has 0 radical (unpaired) electrons. The van der Waals surface area contributed by atoms with Gasteiger partial charge in [0.05, 0.1) is 19.1 Å². The van der Waals surface area contributed by atoms with Gasteiger partial charge in [-0.1, -0.05) is 13.0 Å². The molecule has 0 unspecified atom stereocenters. The summed E-state index contributed by atoms with van der Waals surface area (Å²) in [5.41, 5.74) is 1.82. The predicted molar refractivity (Wildman–Crippen MR) is 92.0 cm³/mol. The summed E-state index contributed by atoms with van der Waals surface area (Å²) in [6.45, 7) is 3.73. The number of quaternary nitrogens is 1. The van der Waals surface area contributed by atoms with E-state index >= 15 is 0 Å². The third-order valence-corrected chi connectivity index (χ3v) is 6.28. The first-order chi connectivity index (χ1) is 11.8. The molecule has 4 N–H and O–H groups in total. The van der Waals surface area contributed by atoms with Crippen LogP contribution in [0.3, 0.4) is 0 Å². The zero-order chi connectivity index (χ0) is 18.2. The van der Waals surface area contributed by atoms with Crippen molar-refractivity contribution in [1.82, 2.24) is 0 Å². The molecule has 0 aromatic heterocycles. The normalized spacial score (nSPS) is 29.1. The molecule has 0 saturated carbocycles. The highest BCUT2D eigenvalue weighted by atomic mass is 31.2. The van der Waals surface area contributed by atoms with Crippen molar-refractivity contribution in [3.8, 4) is 11.5 Å². The maximum atomic E-state index is 11.3. The number of phosphoric ester groups is 1. The quantitative estimate of drug-likeness (QED) is 0.359. The molecule has 3 atom stereocenters. The van der Waals surface area contributed by atoms with Crippen molar-refractivity contribution in [2.75, 3.05) is 19.8 Å². The SMILES string of the molecule is CCC[N@+]1(COP(=O)(O)O)CCC[C@@H]2Cc3c(ccc(O)c3O)C[C@@H]21. The van der Waals surface area contributed by atoms with Crippen LogP contribution in [0.15, 0.2) is 12.1 Å². The van der Waals surface area contributed by atoms with Crippen LogP contribution < -0.4 is 0 Å². The largest absolute Gasteiger partial charge is 0.504 e. The fraction of sp³-hybridized carbons (Fsp3) is 0.647. The number of phenols is 2. The molecule has 1 aromatic rings. The van der Waals surface area contributed by atoms with Crippen molar-refractivity contribution in [3.05, 3.63) is 23.3 Å². The van der Waals surface area contributed by atoms with Gasteiger partial charge in [0.25, 0.3) is 0 Å². The number of rotatable bonds is 5. The minimum absolute atomic E-state index is 0.0126. The molecule has 25 heavy (non-hydrogen) atoms. The van der Waals surface area contributed by atoms with E-state index in [9.17, 15) is 14.8 Å². The number of benzene rings is 1. The van der Waals surface area contributed by atoms with Gasteiger partial charge >= 0.3 is 7.82 Å². The van der Waals surface area contributed by atoms with Crippen molar-refractivity contribution in [2.24, 2.45) is 5.92 Å². The lowest BCUT2D eigenvalue weighted by atomic mass is 9.73. The Hall–Kier alpha value is -1.11. The van der Waals surface area contributed by atoms with Gasteiger partial charge in [-0.2, -0.15) is 0 Å². The summed E-state index contributed by atoms with van der Waals surface area (Å²) in [4.78, 5) is 18.3. The summed E-state index contributed by atoms with van der Waals surface area (Å²) in [6.07, 6.45) is 4.28. The maximum Gasteiger partial charge on any atom is 0.474 e. The fourth-order valence-corrected chi connectivity index (χ4v) is 5.16. The number of piperidine rings is 1. The van der Waals surface area contributed by atoms with E-state index in [1.807, 2.05) is 6.07 Å². The monoisotopic (exact) mass is 372 g/mol. The van der Waals surface area contributed by atoms with Gasteiger partial charge in [0.15, 0.2) is 18.2 Å². The Morgan fingerprint density at radius 3 is 2.72 bits per heavy atom. The molecule has 3 rings (SSSR count). The van der Waals surface area contributed by atoms with E-state index in [0.717, 1.165) is 49.9 Å². The zero-order valence-corrected chi connectivity index (χ0v) is 15.4. The predicted octanol–water partition coefficient (Wildman–Crippen LogP) is 2.27. The Bertz CT molecular complexity index is 686. The third kappa shape index (κ3) is 3.71. The molecular formula is C17H27NO6P+. The molecule has 2 aliphatic rings. The molecule has 1 fully saturated rings. The topological polar surface area (TPSA) is 107 Å². The van der Waals surface area contributed by atoms with Crippen LogP contribution in [0.5, 0.6) is 11.5 Å². The van der Waals surface area contributed by atoms with Crippen molar-refractivity contribution in [3.63, 3.8) is 0 Å². The maximum absolute atomic E-state index is 11.3. The van der Waals surface area contributed by atoms with Crippen molar-refractivity contribution < 1.29 is 33.6 Å². The summed E-state index contributed by atoms with van der Waals surface area (Å²) in [5, 5.41) is 20.0. The zero-order valence-electron chi connectivity index (χ0n) is 14.5. The molecular weight excluding hydrogens is 345 g/mol. The molecule has 1 aliphatic carbocycles. The second-order valence-electron chi connectivity index (χ2n) is 7.36. The summed E-state index contributed by atoms with van der Waals surface area (Å²) < 4.78 is 16.8. The molecule has 0 amide bonds. The highest BCUT2D eigenvalue weighted by molar-refractivity contribution is 7.46. The van der Waals surface area contributed by atoms with Crippen molar-refractivity contribution >= 4 is 7.82 Å². The average Bonchev–Trinajstić information content (AvgIpc) is 2.56. The van der Waals surface area contributed by atoms with Crippen LogP contribution >= 0.6 is 7.82 Å². The minimum atomic E-state index is -4.51. The summed E-state index contributed by atoms with van der Waals surface area (Å²) in [5.74, 6) is 0.189. The lowest BCUT2D eigenvalue weighted by Crippen LogP contribution is -2.64. The standard InChI is InChI=1S/C17H26NO6P/c1-2-7-18(11-24-25(21,22)23)8-3-4-13-9-14-12(10-15(13)18)5-6-16(19)17(14)20/h5-6,13,15H,2-4,7-11H2,1H3,(H3-,19,20,21,22,23)/p+1/t13-,15+,18-/m1/s1. The Kier molecular flexibility index (Phi) is 5.15. The van der Waals surface area contributed by atoms with E-state index in [2.05, 4.69) is 6.92 Å². The summed E-state index contributed by atoms with van der Waals surface area (Å²) in [6, 6.07) is 3.56. The lowest BCUT2D eigenvalue weighted by Gasteiger charge is -2.52. The Balaban J connectivity index is 1.93. The summed E-state index contributed by atoms with van der Waals surface area (Å²) in [7, 11) is -4.51. The van der Waals surface area contributed by atoms with Gasteiger partial charge in [-0.15, -0.1) is 0 Å². The third-order valence-electron chi connectivity index (χ3n) is 5.83. The first kappa shape index (κ1) is 18.7. The van der Waals surface area contributed by atoms with Gasteiger partial charge in [-0.3, -0.25) is 4.48 Å². The Labute approximate surface area is 147 Å². The van der Waals surface area contributed by atoms with Gasteiger partial charge < -0.3 is 20.0 Å². The molecule has 8 heteroatoms. The van der Waals surface area contributed by atoms with Crippen molar-refractivity contribution in [1.29, 1.82) is 0 Å². The van der Waals surface area contributed by atoms with E-state index in [0.29, 0.717) is 16.8 Å². The number of hydrogen-bond donors (Lipinski definition) is 4. The van der Waals surface area contributed by atoms with E-state index in [4.69, 9.17) is 14.3 Å². The van der Waals surface area contributed by atoms with Crippen LogP contribution in [-0.4, -0.2) is 50.3 Å². The number of fused-ring (bicyclic) bond motifs is 2. The van der Waals surface area contributed by atoms with Gasteiger partial charge in [0, 0.05) is 17.9 Å². The lowest BCUT2D eigenvalue weighted by molar-refractivity contribution is -0.973. The summed E-state index contributed by atoms with van der Waals surface area (Å²) >= 11 is 0. The second kappa shape index (κ2) is 6.89. The molecule has 1 heterocycles. The van der Waals surface area contributed by atoms with Crippen LogP contribution in [0.1, 0.15) is 37.3 Å². The first-order valence-electron chi connectivity index (χ1n) is 8.84. The first-order valence-corrected chi connectivity index (χ1v) is 10.4. The number of aromatic hydroxyl groups is 2. The van der Waals surface area contributed by atoms with E-state index in [1.165, 1.54) is 6.07 Å². The highest BCUT2D eigenvalue weighted by Gasteiger charge is 2.48. The molecule has 140 valence electrons. The molecule has 0 spiro atoms. The Morgan fingerprint density at radius 1 is 1.28 bits per heavy atom. The van der Waals surface area contributed by atoms with Gasteiger partial charge in [0.1, 0.15) is 0 Å². The van der Waals surface area contributed by atoms with E-state index in [1.54, 1.807) is 0 Å². The Morgan fingerprint density at radius 2 is 2.04 bits per heavy atom. The van der Waals surface area contributed by atoms with E-state index in [-0.39, 0.29) is 24.3 Å². The van der Waals surface area contributed by atoms with Crippen molar-refractivity contribution in [2.45, 2.75) is 45.1 Å². The minimum Gasteiger partial charge on any atom is -0.504 e. The van der Waals surface area contributed by atoms with Crippen LogP contribution in [0.4, 0.5) is 0 Å². The fourth-order valence-electron chi connectivity index (χ4n) is 4.78. The molecule has 7 nitrogen and oxygen atoms in total. The molecule has 1 saturated heterocycles. The number of nitrogens with zero attached hydrogens (tertiary/aromatic N) is 1. The van der Waals surface area contributed by atoms with Gasteiger partial charge in [0.2, 0.25) is 0 Å². The van der Waals surface area contributed by atoms with Crippen LogP contribution in [0.2, 0.25) is 0 Å². The number of likely N-dealkylation sites (tertiary alicyclic amines) is 1. The highest BCUT2D eigenvalue weighted by Crippen LogP contribution is 2.45. The van der Waals surface area contributed by atoms with E-state index < -0.39 is 7.82 Å².